The van der Waals surface area contributed by atoms with Gasteiger partial charge in [0.1, 0.15) is 23.2 Å². The second kappa shape index (κ2) is 6.50. The summed E-state index contributed by atoms with van der Waals surface area (Å²) in [6.45, 7) is 7.76. The molecule has 7 nitrogen and oxygen atoms in total. The summed E-state index contributed by atoms with van der Waals surface area (Å²) in [5.74, 6) is 2.84. The van der Waals surface area contributed by atoms with E-state index in [0.717, 1.165) is 54.6 Å². The minimum absolute atomic E-state index is 0.164. The Hall–Kier alpha value is -3.22. The molecule has 3 aromatic rings. The summed E-state index contributed by atoms with van der Waals surface area (Å²) in [4.78, 5) is 16.3. The molecule has 0 amide bonds. The SMILES string of the molecule is C=C(NC1CN(c2ccccn2)C1)N1CC(Oc2cccc3[nH]cnc23)C1. The third kappa shape index (κ3) is 3.05. The van der Waals surface area contributed by atoms with Crippen molar-refractivity contribution in [2.24, 2.45) is 0 Å². The number of nitrogens with zero attached hydrogens (tertiary/aromatic N) is 4. The maximum Gasteiger partial charge on any atom is 0.147 e. The Morgan fingerprint density at radius 1 is 1.11 bits per heavy atom. The van der Waals surface area contributed by atoms with Gasteiger partial charge in [0, 0.05) is 19.3 Å². The maximum absolute atomic E-state index is 6.11. The quantitative estimate of drug-likeness (QED) is 0.699. The number of pyridine rings is 1. The number of fused-ring (bicyclic) bond motifs is 1. The molecule has 4 heterocycles. The summed E-state index contributed by atoms with van der Waals surface area (Å²) in [7, 11) is 0. The molecule has 0 aliphatic carbocycles. The number of likely N-dealkylation sites (tertiary alicyclic amines) is 1. The van der Waals surface area contributed by atoms with Crippen LogP contribution in [0.2, 0.25) is 0 Å². The van der Waals surface area contributed by atoms with E-state index in [4.69, 9.17) is 4.74 Å². The first kappa shape index (κ1) is 16.0. The number of hydrogen-bond donors (Lipinski definition) is 2. The smallest absolute Gasteiger partial charge is 0.147 e. The highest BCUT2D eigenvalue weighted by atomic mass is 16.5. The second-order valence-electron chi connectivity index (χ2n) is 7.08. The van der Waals surface area contributed by atoms with E-state index >= 15 is 0 Å². The molecule has 138 valence electrons. The average molecular weight is 362 g/mol. The van der Waals surface area contributed by atoms with Crippen molar-refractivity contribution in [2.45, 2.75) is 12.1 Å². The molecule has 27 heavy (non-hydrogen) atoms. The van der Waals surface area contributed by atoms with E-state index in [1.165, 1.54) is 0 Å². The molecule has 0 unspecified atom stereocenters. The lowest BCUT2D eigenvalue weighted by Gasteiger charge is -2.46. The maximum atomic E-state index is 6.11. The summed E-state index contributed by atoms with van der Waals surface area (Å²) in [6, 6.07) is 12.4. The zero-order chi connectivity index (χ0) is 18.2. The molecule has 0 saturated carbocycles. The monoisotopic (exact) mass is 362 g/mol. The zero-order valence-corrected chi connectivity index (χ0v) is 15.0. The third-order valence-electron chi connectivity index (χ3n) is 5.16. The molecule has 5 rings (SSSR count). The molecular weight excluding hydrogens is 340 g/mol. The van der Waals surface area contributed by atoms with Gasteiger partial charge in [-0.1, -0.05) is 18.7 Å². The summed E-state index contributed by atoms with van der Waals surface area (Å²) in [6.07, 6.45) is 3.69. The molecule has 0 atom stereocenters. The van der Waals surface area contributed by atoms with Crippen LogP contribution in [0.3, 0.4) is 0 Å². The number of imidazole rings is 1. The van der Waals surface area contributed by atoms with Gasteiger partial charge in [-0.3, -0.25) is 0 Å². The molecule has 0 bridgehead atoms. The van der Waals surface area contributed by atoms with Gasteiger partial charge in [-0.25, -0.2) is 9.97 Å². The van der Waals surface area contributed by atoms with Crippen LogP contribution in [0.1, 0.15) is 0 Å². The van der Waals surface area contributed by atoms with Crippen molar-refractivity contribution >= 4 is 16.9 Å². The van der Waals surface area contributed by atoms with Crippen LogP contribution in [0.15, 0.2) is 61.3 Å². The van der Waals surface area contributed by atoms with E-state index < -0.39 is 0 Å². The van der Waals surface area contributed by atoms with Crippen LogP contribution < -0.4 is 15.0 Å². The lowest BCUT2D eigenvalue weighted by atomic mass is 10.1. The highest BCUT2D eigenvalue weighted by Gasteiger charge is 2.33. The Kier molecular flexibility index (Phi) is 3.85. The van der Waals surface area contributed by atoms with Crippen LogP contribution >= 0.6 is 0 Å². The van der Waals surface area contributed by atoms with Crippen molar-refractivity contribution in [3.63, 3.8) is 0 Å². The Morgan fingerprint density at radius 3 is 2.81 bits per heavy atom. The van der Waals surface area contributed by atoms with Crippen molar-refractivity contribution in [1.29, 1.82) is 0 Å². The minimum atomic E-state index is 0.164. The molecule has 2 fully saturated rings. The highest BCUT2D eigenvalue weighted by Crippen LogP contribution is 2.26. The molecule has 2 saturated heterocycles. The summed E-state index contributed by atoms with van der Waals surface area (Å²) in [5.41, 5.74) is 1.88. The predicted octanol–water partition coefficient (Wildman–Crippen LogP) is 1.97. The molecule has 0 spiro atoms. The van der Waals surface area contributed by atoms with Crippen LogP contribution in [0.25, 0.3) is 11.0 Å². The topological polar surface area (TPSA) is 69.3 Å². The van der Waals surface area contributed by atoms with E-state index in [1.54, 1.807) is 6.33 Å². The molecule has 0 radical (unpaired) electrons. The number of anilines is 1. The third-order valence-corrected chi connectivity index (χ3v) is 5.16. The van der Waals surface area contributed by atoms with Crippen LogP contribution in [0, 0.1) is 0 Å². The van der Waals surface area contributed by atoms with E-state index in [9.17, 15) is 0 Å². The molecule has 1 aromatic carbocycles. The molecular formula is C20H22N6O. The fourth-order valence-electron chi connectivity index (χ4n) is 3.57. The average Bonchev–Trinajstić information content (AvgIpc) is 3.10. The number of ether oxygens (including phenoxy) is 1. The molecule has 2 aliphatic heterocycles. The first-order valence-corrected chi connectivity index (χ1v) is 9.21. The lowest BCUT2D eigenvalue weighted by Crippen LogP contribution is -2.62. The Morgan fingerprint density at radius 2 is 2.00 bits per heavy atom. The fraction of sp³-hybridized carbons (Fsp3) is 0.300. The Balaban J connectivity index is 1.09. The van der Waals surface area contributed by atoms with Crippen LogP contribution in [0.4, 0.5) is 5.82 Å². The first-order valence-electron chi connectivity index (χ1n) is 9.21. The number of aromatic nitrogens is 3. The van der Waals surface area contributed by atoms with Crippen molar-refractivity contribution < 1.29 is 4.74 Å². The fourth-order valence-corrected chi connectivity index (χ4v) is 3.57. The number of benzene rings is 1. The normalized spacial score (nSPS) is 17.5. The lowest BCUT2D eigenvalue weighted by molar-refractivity contribution is 0.0386. The first-order chi connectivity index (χ1) is 13.3. The summed E-state index contributed by atoms with van der Waals surface area (Å²) < 4.78 is 6.11. The van der Waals surface area contributed by atoms with Gasteiger partial charge in [-0.2, -0.15) is 0 Å². The van der Waals surface area contributed by atoms with Gasteiger partial charge >= 0.3 is 0 Å². The number of hydrogen-bond acceptors (Lipinski definition) is 6. The second-order valence-corrected chi connectivity index (χ2v) is 7.08. The number of H-pyrrole nitrogens is 1. The van der Waals surface area contributed by atoms with Gasteiger partial charge in [-0.05, 0) is 24.3 Å². The standard InChI is InChI=1S/C20H22N6O/c1-14(24-15-9-26(10-15)19-7-2-3-8-21-19)25-11-16(12-25)27-18-6-4-5-17-20(18)23-13-22-17/h2-8,13,15-16,24H,1,9-12H2,(H,22,23). The van der Waals surface area contributed by atoms with Crippen molar-refractivity contribution in [2.75, 3.05) is 31.1 Å². The van der Waals surface area contributed by atoms with Gasteiger partial charge in [0.15, 0.2) is 0 Å². The van der Waals surface area contributed by atoms with Crippen molar-refractivity contribution in [1.82, 2.24) is 25.2 Å². The van der Waals surface area contributed by atoms with E-state index in [0.29, 0.717) is 6.04 Å². The van der Waals surface area contributed by atoms with Gasteiger partial charge in [0.25, 0.3) is 0 Å². The molecule has 2 aromatic heterocycles. The zero-order valence-electron chi connectivity index (χ0n) is 15.0. The van der Waals surface area contributed by atoms with Crippen LogP contribution in [-0.4, -0.2) is 58.2 Å². The Bertz CT molecular complexity index is 943. The summed E-state index contributed by atoms with van der Waals surface area (Å²) >= 11 is 0. The number of aromatic amines is 1. The van der Waals surface area contributed by atoms with E-state index in [1.807, 2.05) is 42.6 Å². The molecule has 7 heteroatoms. The van der Waals surface area contributed by atoms with Crippen molar-refractivity contribution in [3.05, 3.63) is 61.3 Å². The number of nitrogens with one attached hydrogen (secondary N) is 2. The van der Waals surface area contributed by atoms with Gasteiger partial charge in [0.2, 0.25) is 0 Å². The number of rotatable bonds is 6. The van der Waals surface area contributed by atoms with Gasteiger partial charge in [0.05, 0.1) is 36.8 Å². The van der Waals surface area contributed by atoms with E-state index in [-0.39, 0.29) is 6.10 Å². The van der Waals surface area contributed by atoms with Crippen molar-refractivity contribution in [3.8, 4) is 5.75 Å². The predicted molar refractivity (Wildman–Crippen MR) is 105 cm³/mol. The van der Waals surface area contributed by atoms with Gasteiger partial charge in [-0.15, -0.1) is 0 Å². The van der Waals surface area contributed by atoms with Gasteiger partial charge < -0.3 is 24.8 Å². The van der Waals surface area contributed by atoms with Crippen LogP contribution in [0.5, 0.6) is 5.75 Å². The molecule has 2 aliphatic rings. The molecule has 2 N–H and O–H groups in total. The largest absolute Gasteiger partial charge is 0.484 e. The van der Waals surface area contributed by atoms with Crippen LogP contribution in [-0.2, 0) is 0 Å². The summed E-state index contributed by atoms with van der Waals surface area (Å²) in [5, 5.41) is 3.52. The Labute approximate surface area is 157 Å². The highest BCUT2D eigenvalue weighted by molar-refractivity contribution is 5.81. The number of para-hydroxylation sites is 1. The van der Waals surface area contributed by atoms with E-state index in [2.05, 4.69) is 36.6 Å². The minimum Gasteiger partial charge on any atom is -0.484 e.